The molecule has 4 nitrogen and oxygen atoms in total. The lowest BCUT2D eigenvalue weighted by molar-refractivity contribution is 1.04. The first-order chi connectivity index (χ1) is 10.1. The summed E-state index contributed by atoms with van der Waals surface area (Å²) < 4.78 is 0. The van der Waals surface area contributed by atoms with Crippen LogP contribution in [-0.4, -0.2) is 15.0 Å². The minimum atomic E-state index is 0.339. The molecule has 0 amide bonds. The number of pyridine rings is 1. The summed E-state index contributed by atoms with van der Waals surface area (Å²) in [5.74, 6) is 0.567. The Hall–Kier alpha value is -2.51. The molecule has 0 bridgehead atoms. The summed E-state index contributed by atoms with van der Waals surface area (Å²) in [5, 5.41) is 10.7. The maximum Gasteiger partial charge on any atom is 0.150 e. The van der Waals surface area contributed by atoms with Gasteiger partial charge in [0.05, 0.1) is 11.2 Å². The van der Waals surface area contributed by atoms with E-state index in [0.717, 1.165) is 16.5 Å². The summed E-state index contributed by atoms with van der Waals surface area (Å²) in [4.78, 5) is 13.0. The van der Waals surface area contributed by atoms with Crippen molar-refractivity contribution in [2.45, 2.75) is 13.8 Å². The molecule has 0 atom stereocenters. The van der Waals surface area contributed by atoms with E-state index in [-0.39, 0.29) is 0 Å². The molecule has 1 aromatic carbocycles. The first kappa shape index (κ1) is 13.5. The van der Waals surface area contributed by atoms with E-state index in [4.69, 9.17) is 11.6 Å². The number of nitriles is 1. The molecule has 5 heteroatoms. The molecular weight excluding hydrogens is 284 g/mol. The van der Waals surface area contributed by atoms with Crippen LogP contribution in [0.4, 0.5) is 0 Å². The van der Waals surface area contributed by atoms with Crippen molar-refractivity contribution in [1.82, 2.24) is 15.0 Å². The number of para-hydroxylation sites is 1. The number of aromatic nitrogens is 3. The highest BCUT2D eigenvalue weighted by Crippen LogP contribution is 2.29. The Morgan fingerprint density at radius 3 is 2.62 bits per heavy atom. The lowest BCUT2D eigenvalue weighted by atomic mass is 10.0. The summed E-state index contributed by atoms with van der Waals surface area (Å²) in [7, 11) is 0. The lowest BCUT2D eigenvalue weighted by Gasteiger charge is -2.10. The largest absolute Gasteiger partial charge is 0.236 e. The number of nitrogens with zero attached hydrogens (tertiary/aromatic N) is 4. The van der Waals surface area contributed by atoms with Gasteiger partial charge in [0.15, 0.2) is 5.69 Å². The fourth-order valence-corrected chi connectivity index (χ4v) is 2.45. The Balaban J connectivity index is 2.37. The zero-order chi connectivity index (χ0) is 15.0. The Kier molecular flexibility index (Phi) is 3.28. The molecule has 0 unspecified atom stereocenters. The summed E-state index contributed by atoms with van der Waals surface area (Å²) in [6.45, 7) is 3.61. The molecule has 0 aliphatic heterocycles. The summed E-state index contributed by atoms with van der Waals surface area (Å²) in [6, 6.07) is 11.7. The third-order valence-corrected chi connectivity index (χ3v) is 3.65. The summed E-state index contributed by atoms with van der Waals surface area (Å²) >= 11 is 6.13. The maximum atomic E-state index is 9.38. The van der Waals surface area contributed by atoms with E-state index in [1.165, 1.54) is 0 Å². The second-order valence-corrected chi connectivity index (χ2v) is 5.08. The van der Waals surface area contributed by atoms with Crippen LogP contribution in [0, 0.1) is 25.2 Å². The van der Waals surface area contributed by atoms with Gasteiger partial charge in [0.25, 0.3) is 0 Å². The highest BCUT2D eigenvalue weighted by atomic mass is 35.5. The standard InChI is InChI=1S/C16H11ClN4/c1-9-15(19-10(2)20-16(9)17)12-7-11-5-3-4-6-13(11)21-14(12)8-18/h3-7H,1-2H3. The molecule has 21 heavy (non-hydrogen) atoms. The normalized spacial score (nSPS) is 10.6. The molecule has 0 radical (unpaired) electrons. The van der Waals surface area contributed by atoms with Crippen molar-refractivity contribution in [3.05, 3.63) is 52.6 Å². The van der Waals surface area contributed by atoms with Crippen LogP contribution >= 0.6 is 11.6 Å². The van der Waals surface area contributed by atoms with Gasteiger partial charge in [0.1, 0.15) is 17.0 Å². The van der Waals surface area contributed by atoms with E-state index >= 15 is 0 Å². The van der Waals surface area contributed by atoms with Crippen LogP contribution < -0.4 is 0 Å². The predicted octanol–water partition coefficient (Wildman–Crippen LogP) is 3.83. The molecule has 2 heterocycles. The number of rotatable bonds is 1. The summed E-state index contributed by atoms with van der Waals surface area (Å²) in [5.41, 5.74) is 3.21. The van der Waals surface area contributed by atoms with Gasteiger partial charge in [-0.25, -0.2) is 15.0 Å². The number of aryl methyl sites for hydroxylation is 1. The highest BCUT2D eigenvalue weighted by Gasteiger charge is 2.15. The van der Waals surface area contributed by atoms with Crippen molar-refractivity contribution in [2.24, 2.45) is 0 Å². The van der Waals surface area contributed by atoms with Crippen LogP contribution in [0.5, 0.6) is 0 Å². The fourth-order valence-electron chi connectivity index (χ4n) is 2.24. The van der Waals surface area contributed by atoms with Gasteiger partial charge in [-0.2, -0.15) is 5.26 Å². The Morgan fingerprint density at radius 2 is 1.86 bits per heavy atom. The van der Waals surface area contributed by atoms with E-state index in [9.17, 15) is 5.26 Å². The number of hydrogen-bond acceptors (Lipinski definition) is 4. The van der Waals surface area contributed by atoms with Crippen molar-refractivity contribution in [2.75, 3.05) is 0 Å². The van der Waals surface area contributed by atoms with Crippen LogP contribution in [0.3, 0.4) is 0 Å². The monoisotopic (exact) mass is 294 g/mol. The first-order valence-electron chi connectivity index (χ1n) is 6.41. The molecule has 3 aromatic rings. The number of benzene rings is 1. The average molecular weight is 295 g/mol. The molecule has 0 spiro atoms. The molecule has 0 aliphatic carbocycles. The Labute approximate surface area is 127 Å². The van der Waals surface area contributed by atoms with Gasteiger partial charge in [-0.3, -0.25) is 0 Å². The van der Waals surface area contributed by atoms with Crippen molar-refractivity contribution >= 4 is 22.5 Å². The van der Waals surface area contributed by atoms with Crippen LogP contribution in [0.2, 0.25) is 5.15 Å². The highest BCUT2D eigenvalue weighted by molar-refractivity contribution is 6.30. The van der Waals surface area contributed by atoms with Crippen molar-refractivity contribution in [3.63, 3.8) is 0 Å². The van der Waals surface area contributed by atoms with Gasteiger partial charge in [-0.05, 0) is 26.0 Å². The van der Waals surface area contributed by atoms with Gasteiger partial charge >= 0.3 is 0 Å². The van der Waals surface area contributed by atoms with E-state index < -0.39 is 0 Å². The number of halogens is 1. The van der Waals surface area contributed by atoms with Crippen LogP contribution in [-0.2, 0) is 0 Å². The quantitative estimate of drug-likeness (QED) is 0.640. The van der Waals surface area contributed by atoms with Gasteiger partial charge in [-0.15, -0.1) is 0 Å². The first-order valence-corrected chi connectivity index (χ1v) is 6.79. The van der Waals surface area contributed by atoms with Crippen LogP contribution in [0.1, 0.15) is 17.1 Å². The number of hydrogen-bond donors (Lipinski definition) is 0. The molecule has 0 N–H and O–H groups in total. The van der Waals surface area contributed by atoms with Crippen molar-refractivity contribution in [3.8, 4) is 17.3 Å². The molecule has 0 aliphatic rings. The van der Waals surface area contributed by atoms with Crippen LogP contribution in [0.15, 0.2) is 30.3 Å². The predicted molar refractivity (Wildman–Crippen MR) is 82.0 cm³/mol. The number of fused-ring (bicyclic) bond motifs is 1. The second-order valence-electron chi connectivity index (χ2n) is 4.72. The molecule has 0 saturated heterocycles. The topological polar surface area (TPSA) is 62.5 Å². The molecule has 3 rings (SSSR count). The minimum absolute atomic E-state index is 0.339. The van der Waals surface area contributed by atoms with Gasteiger partial charge < -0.3 is 0 Å². The third kappa shape index (κ3) is 2.32. The SMILES string of the molecule is Cc1nc(Cl)c(C)c(-c2cc3ccccc3nc2C#N)n1. The average Bonchev–Trinajstić information content (AvgIpc) is 2.49. The van der Waals surface area contributed by atoms with Gasteiger partial charge in [0.2, 0.25) is 0 Å². The van der Waals surface area contributed by atoms with Crippen molar-refractivity contribution in [1.29, 1.82) is 5.26 Å². The van der Waals surface area contributed by atoms with E-state index in [1.807, 2.05) is 37.3 Å². The van der Waals surface area contributed by atoms with Gasteiger partial charge in [0, 0.05) is 16.5 Å². The summed E-state index contributed by atoms with van der Waals surface area (Å²) in [6.07, 6.45) is 0. The van der Waals surface area contributed by atoms with Crippen molar-refractivity contribution < 1.29 is 0 Å². The molecular formula is C16H11ClN4. The third-order valence-electron chi connectivity index (χ3n) is 3.28. The van der Waals surface area contributed by atoms with E-state index in [2.05, 4.69) is 21.0 Å². The Bertz CT molecular complexity index is 897. The minimum Gasteiger partial charge on any atom is -0.236 e. The maximum absolute atomic E-state index is 9.38. The Morgan fingerprint density at radius 1 is 1.10 bits per heavy atom. The fraction of sp³-hybridized carbons (Fsp3) is 0.125. The second kappa shape index (κ2) is 5.12. The smallest absolute Gasteiger partial charge is 0.150 e. The van der Waals surface area contributed by atoms with E-state index in [1.54, 1.807) is 6.92 Å². The van der Waals surface area contributed by atoms with Crippen LogP contribution in [0.25, 0.3) is 22.2 Å². The van der Waals surface area contributed by atoms with Gasteiger partial charge in [-0.1, -0.05) is 29.8 Å². The molecule has 0 fully saturated rings. The van der Waals surface area contributed by atoms with E-state index in [0.29, 0.717) is 27.9 Å². The zero-order valence-electron chi connectivity index (χ0n) is 11.6. The molecule has 2 aromatic heterocycles. The molecule has 0 saturated carbocycles. The zero-order valence-corrected chi connectivity index (χ0v) is 12.3. The lowest BCUT2D eigenvalue weighted by Crippen LogP contribution is -1.99. The molecule has 102 valence electrons.